The Labute approximate surface area is 97.7 Å². The molecule has 1 heterocycles. The Morgan fingerprint density at radius 3 is 2.88 bits per heavy atom. The smallest absolute Gasteiger partial charge is 0.166 e. The highest BCUT2D eigenvalue weighted by Crippen LogP contribution is 2.12. The third-order valence-corrected chi connectivity index (χ3v) is 2.25. The van der Waals surface area contributed by atoms with Crippen LogP contribution in [-0.2, 0) is 6.54 Å². The second-order valence-corrected chi connectivity index (χ2v) is 3.35. The lowest BCUT2D eigenvalue weighted by Gasteiger charge is -2.06. The van der Waals surface area contributed by atoms with Gasteiger partial charge in [-0.05, 0) is 12.1 Å². The van der Waals surface area contributed by atoms with Crippen LogP contribution in [0.4, 0.5) is 10.2 Å². The molecular weight excluding hydrogens is 219 g/mol. The number of hydrogen-bond acceptors (Lipinski definition) is 4. The van der Waals surface area contributed by atoms with E-state index in [0.717, 1.165) is 0 Å². The average Bonchev–Trinajstić information content (AvgIpc) is 2.38. The number of benzene rings is 1. The van der Waals surface area contributed by atoms with Gasteiger partial charge in [0.2, 0.25) is 0 Å². The first-order valence-electron chi connectivity index (χ1n) is 5.00. The SMILES string of the molecule is N#Cc1ccnnc1NCc1ccccc1F. The highest BCUT2D eigenvalue weighted by atomic mass is 19.1. The van der Waals surface area contributed by atoms with Crippen LogP contribution < -0.4 is 5.32 Å². The second-order valence-electron chi connectivity index (χ2n) is 3.35. The quantitative estimate of drug-likeness (QED) is 0.873. The normalized spacial score (nSPS) is 9.65. The molecule has 0 spiro atoms. The average molecular weight is 228 g/mol. The fraction of sp³-hybridized carbons (Fsp3) is 0.0833. The number of rotatable bonds is 3. The first kappa shape index (κ1) is 11.0. The molecular formula is C12H9FN4. The third-order valence-electron chi connectivity index (χ3n) is 2.25. The van der Waals surface area contributed by atoms with E-state index < -0.39 is 0 Å². The van der Waals surface area contributed by atoms with E-state index in [9.17, 15) is 4.39 Å². The van der Waals surface area contributed by atoms with Crippen molar-refractivity contribution in [3.8, 4) is 6.07 Å². The van der Waals surface area contributed by atoms with E-state index in [-0.39, 0.29) is 12.4 Å². The number of nitrogens with one attached hydrogen (secondary N) is 1. The molecule has 0 aliphatic heterocycles. The second kappa shape index (κ2) is 5.03. The Hall–Kier alpha value is -2.48. The number of aromatic nitrogens is 2. The van der Waals surface area contributed by atoms with Gasteiger partial charge in [-0.15, -0.1) is 5.10 Å². The molecule has 0 fully saturated rings. The summed E-state index contributed by atoms with van der Waals surface area (Å²) < 4.78 is 13.3. The van der Waals surface area contributed by atoms with Gasteiger partial charge in [-0.2, -0.15) is 10.4 Å². The fourth-order valence-corrected chi connectivity index (χ4v) is 1.37. The van der Waals surface area contributed by atoms with Crippen molar-refractivity contribution in [2.24, 2.45) is 0 Å². The molecule has 2 rings (SSSR count). The van der Waals surface area contributed by atoms with Gasteiger partial charge < -0.3 is 5.32 Å². The predicted octanol–water partition coefficient (Wildman–Crippen LogP) is 2.10. The van der Waals surface area contributed by atoms with Crippen molar-refractivity contribution in [1.29, 1.82) is 5.26 Å². The summed E-state index contributed by atoms with van der Waals surface area (Å²) in [5.74, 6) is 0.0700. The van der Waals surface area contributed by atoms with Crippen LogP contribution in [0.15, 0.2) is 36.5 Å². The van der Waals surface area contributed by atoms with Crippen molar-refractivity contribution in [3.63, 3.8) is 0 Å². The Balaban J connectivity index is 2.13. The summed E-state index contributed by atoms with van der Waals surface area (Å²) in [6.45, 7) is 0.264. The van der Waals surface area contributed by atoms with Gasteiger partial charge >= 0.3 is 0 Å². The van der Waals surface area contributed by atoms with Crippen molar-refractivity contribution in [2.75, 3.05) is 5.32 Å². The van der Waals surface area contributed by atoms with Crippen LogP contribution in [0.2, 0.25) is 0 Å². The molecule has 1 aromatic heterocycles. The van der Waals surface area contributed by atoms with E-state index >= 15 is 0 Å². The van der Waals surface area contributed by atoms with Crippen LogP contribution >= 0.6 is 0 Å². The fourth-order valence-electron chi connectivity index (χ4n) is 1.37. The number of hydrogen-bond donors (Lipinski definition) is 1. The Kier molecular flexibility index (Phi) is 3.26. The van der Waals surface area contributed by atoms with Gasteiger partial charge in [-0.1, -0.05) is 18.2 Å². The number of halogens is 1. The van der Waals surface area contributed by atoms with Gasteiger partial charge in [0, 0.05) is 12.1 Å². The molecule has 17 heavy (non-hydrogen) atoms. The first-order chi connectivity index (χ1) is 8.31. The van der Waals surface area contributed by atoms with Crippen LogP contribution in [0.25, 0.3) is 0 Å². The van der Waals surface area contributed by atoms with Gasteiger partial charge in [0.05, 0.1) is 11.8 Å². The minimum absolute atomic E-state index is 0.264. The zero-order chi connectivity index (χ0) is 12.1. The van der Waals surface area contributed by atoms with E-state index in [1.54, 1.807) is 24.3 Å². The molecule has 4 nitrogen and oxygen atoms in total. The maximum Gasteiger partial charge on any atom is 0.166 e. The lowest BCUT2D eigenvalue weighted by atomic mass is 10.2. The summed E-state index contributed by atoms with van der Waals surface area (Å²) in [7, 11) is 0. The predicted molar refractivity (Wildman–Crippen MR) is 60.5 cm³/mol. The maximum atomic E-state index is 13.3. The number of nitrogens with zero attached hydrogens (tertiary/aromatic N) is 3. The van der Waals surface area contributed by atoms with Crippen molar-refractivity contribution < 1.29 is 4.39 Å². The minimum atomic E-state index is -0.289. The molecule has 0 bridgehead atoms. The summed E-state index contributed by atoms with van der Waals surface area (Å²) in [6.07, 6.45) is 1.44. The molecule has 84 valence electrons. The zero-order valence-corrected chi connectivity index (χ0v) is 8.89. The van der Waals surface area contributed by atoms with Gasteiger partial charge in [-0.25, -0.2) is 4.39 Å². The van der Waals surface area contributed by atoms with Crippen molar-refractivity contribution in [1.82, 2.24) is 10.2 Å². The van der Waals surface area contributed by atoms with E-state index in [1.807, 2.05) is 6.07 Å². The van der Waals surface area contributed by atoms with E-state index in [4.69, 9.17) is 5.26 Å². The van der Waals surface area contributed by atoms with Crippen molar-refractivity contribution in [2.45, 2.75) is 6.54 Å². The molecule has 1 N–H and O–H groups in total. The highest BCUT2D eigenvalue weighted by Gasteiger charge is 2.04. The Morgan fingerprint density at radius 1 is 1.29 bits per heavy atom. The summed E-state index contributed by atoms with van der Waals surface area (Å²) in [4.78, 5) is 0. The molecule has 2 aromatic rings. The molecule has 1 aromatic carbocycles. The molecule has 5 heteroatoms. The summed E-state index contributed by atoms with van der Waals surface area (Å²) in [5, 5.41) is 19.2. The molecule has 0 unspecified atom stereocenters. The zero-order valence-electron chi connectivity index (χ0n) is 8.89. The van der Waals surface area contributed by atoms with Gasteiger partial charge in [0.25, 0.3) is 0 Å². The minimum Gasteiger partial charge on any atom is -0.363 e. The summed E-state index contributed by atoms with van der Waals surface area (Å²) >= 11 is 0. The van der Waals surface area contributed by atoms with E-state index in [1.165, 1.54) is 12.3 Å². The molecule has 0 saturated carbocycles. The van der Waals surface area contributed by atoms with Gasteiger partial charge in [-0.3, -0.25) is 0 Å². The van der Waals surface area contributed by atoms with E-state index in [2.05, 4.69) is 15.5 Å². The van der Waals surface area contributed by atoms with Crippen LogP contribution in [0.1, 0.15) is 11.1 Å². The van der Waals surface area contributed by atoms with Gasteiger partial charge in [0.15, 0.2) is 5.82 Å². The molecule has 0 amide bonds. The third kappa shape index (κ3) is 2.55. The topological polar surface area (TPSA) is 61.6 Å². The monoisotopic (exact) mass is 228 g/mol. The molecule has 0 atom stereocenters. The van der Waals surface area contributed by atoms with E-state index in [0.29, 0.717) is 16.9 Å². The van der Waals surface area contributed by atoms with Crippen LogP contribution in [-0.4, -0.2) is 10.2 Å². The molecule has 0 aliphatic rings. The molecule has 0 saturated heterocycles. The lowest BCUT2D eigenvalue weighted by Crippen LogP contribution is -2.05. The largest absolute Gasteiger partial charge is 0.363 e. The standard InChI is InChI=1S/C12H9FN4/c13-11-4-2-1-3-10(11)8-15-12-9(7-14)5-6-16-17-12/h1-6H,8H2,(H,15,17). The summed E-state index contributed by atoms with van der Waals surface area (Å²) in [5.41, 5.74) is 0.901. The highest BCUT2D eigenvalue weighted by molar-refractivity contribution is 5.50. The Morgan fingerprint density at radius 2 is 2.12 bits per heavy atom. The van der Waals surface area contributed by atoms with Crippen molar-refractivity contribution >= 4 is 5.82 Å². The number of anilines is 1. The number of nitriles is 1. The lowest BCUT2D eigenvalue weighted by molar-refractivity contribution is 0.613. The maximum absolute atomic E-state index is 13.3. The van der Waals surface area contributed by atoms with Crippen molar-refractivity contribution in [3.05, 3.63) is 53.5 Å². The van der Waals surface area contributed by atoms with Crippen LogP contribution in [0, 0.1) is 17.1 Å². The summed E-state index contributed by atoms with van der Waals surface area (Å²) in [6, 6.07) is 9.98. The van der Waals surface area contributed by atoms with Crippen LogP contribution in [0.3, 0.4) is 0 Å². The first-order valence-corrected chi connectivity index (χ1v) is 5.00. The van der Waals surface area contributed by atoms with Gasteiger partial charge in [0.1, 0.15) is 11.9 Å². The molecule has 0 aliphatic carbocycles. The van der Waals surface area contributed by atoms with Crippen LogP contribution in [0.5, 0.6) is 0 Å². The Bertz CT molecular complexity index is 562. The molecule has 0 radical (unpaired) electrons.